The maximum Gasteiger partial charge on any atom is 0.269 e. The molecule has 0 radical (unpaired) electrons. The van der Waals surface area contributed by atoms with E-state index in [0.29, 0.717) is 6.04 Å². The molecule has 15 heavy (non-hydrogen) atoms. The first-order chi connectivity index (χ1) is 7.13. The lowest BCUT2D eigenvalue weighted by Crippen LogP contribution is -2.21. The van der Waals surface area contributed by atoms with Crippen molar-refractivity contribution >= 4 is 5.69 Å². The fourth-order valence-electron chi connectivity index (χ4n) is 1.31. The van der Waals surface area contributed by atoms with Crippen LogP contribution >= 0.6 is 0 Å². The van der Waals surface area contributed by atoms with E-state index < -0.39 is 0 Å². The number of benzene rings is 1. The van der Waals surface area contributed by atoms with Gasteiger partial charge in [0.2, 0.25) is 0 Å². The molecule has 1 unspecified atom stereocenters. The van der Waals surface area contributed by atoms with Crippen molar-refractivity contribution in [2.24, 2.45) is 0 Å². The Morgan fingerprint density at radius 2 is 2.00 bits per heavy atom. The van der Waals surface area contributed by atoms with Crippen molar-refractivity contribution in [3.63, 3.8) is 0 Å². The quantitative estimate of drug-likeness (QED) is 0.595. The van der Waals surface area contributed by atoms with Crippen LogP contribution in [-0.4, -0.2) is 18.0 Å². The Hall–Kier alpha value is -1.42. The summed E-state index contributed by atoms with van der Waals surface area (Å²) >= 11 is 0. The molecule has 1 aromatic rings. The van der Waals surface area contributed by atoms with E-state index in [4.69, 9.17) is 0 Å². The molecule has 4 nitrogen and oxygen atoms in total. The van der Waals surface area contributed by atoms with Crippen molar-refractivity contribution in [2.45, 2.75) is 25.8 Å². The molecule has 0 bridgehead atoms. The van der Waals surface area contributed by atoms with Crippen molar-refractivity contribution in [1.82, 2.24) is 5.32 Å². The van der Waals surface area contributed by atoms with E-state index in [1.165, 1.54) is 0 Å². The number of non-ortho nitro benzene ring substituents is 1. The number of hydrogen-bond acceptors (Lipinski definition) is 3. The number of nitrogens with zero attached hydrogens (tertiary/aromatic N) is 1. The van der Waals surface area contributed by atoms with Gasteiger partial charge >= 0.3 is 0 Å². The Morgan fingerprint density at radius 3 is 2.47 bits per heavy atom. The third kappa shape index (κ3) is 3.67. The average molecular weight is 208 g/mol. The third-order valence-electron chi connectivity index (χ3n) is 2.51. The van der Waals surface area contributed by atoms with Gasteiger partial charge in [0.25, 0.3) is 5.69 Å². The molecule has 0 aliphatic carbocycles. The first kappa shape index (κ1) is 11.7. The van der Waals surface area contributed by atoms with Crippen molar-refractivity contribution in [3.8, 4) is 0 Å². The van der Waals surface area contributed by atoms with E-state index in [9.17, 15) is 10.1 Å². The van der Waals surface area contributed by atoms with E-state index in [2.05, 4.69) is 12.2 Å². The van der Waals surface area contributed by atoms with Gasteiger partial charge in [-0.2, -0.15) is 0 Å². The van der Waals surface area contributed by atoms with Crippen LogP contribution in [0.2, 0.25) is 0 Å². The first-order valence-corrected chi connectivity index (χ1v) is 5.04. The SMILES string of the molecule is CNC(C)CCc1ccc([N+](=O)[O-])cc1. The number of nitro benzene ring substituents is 1. The summed E-state index contributed by atoms with van der Waals surface area (Å²) in [5, 5.41) is 13.6. The topological polar surface area (TPSA) is 55.2 Å². The summed E-state index contributed by atoms with van der Waals surface area (Å²) < 4.78 is 0. The van der Waals surface area contributed by atoms with Gasteiger partial charge in [0, 0.05) is 18.2 Å². The first-order valence-electron chi connectivity index (χ1n) is 5.04. The highest BCUT2D eigenvalue weighted by molar-refractivity contribution is 5.32. The summed E-state index contributed by atoms with van der Waals surface area (Å²) in [4.78, 5) is 10.0. The van der Waals surface area contributed by atoms with E-state index >= 15 is 0 Å². The molecule has 0 fully saturated rings. The smallest absolute Gasteiger partial charge is 0.269 e. The zero-order chi connectivity index (χ0) is 11.3. The standard InChI is InChI=1S/C11H16N2O2/c1-9(12-2)3-4-10-5-7-11(8-6-10)13(14)15/h5-9,12H,3-4H2,1-2H3. The molecule has 1 rings (SSSR count). The molecule has 0 saturated heterocycles. The van der Waals surface area contributed by atoms with Crippen molar-refractivity contribution < 1.29 is 4.92 Å². The Labute approximate surface area is 89.5 Å². The van der Waals surface area contributed by atoms with Crippen LogP contribution in [0.5, 0.6) is 0 Å². The van der Waals surface area contributed by atoms with Crippen LogP contribution in [-0.2, 0) is 6.42 Å². The van der Waals surface area contributed by atoms with Crippen molar-refractivity contribution in [3.05, 3.63) is 39.9 Å². The minimum absolute atomic E-state index is 0.153. The van der Waals surface area contributed by atoms with Gasteiger partial charge in [-0.05, 0) is 32.4 Å². The van der Waals surface area contributed by atoms with Crippen LogP contribution in [0.1, 0.15) is 18.9 Å². The van der Waals surface area contributed by atoms with E-state index in [0.717, 1.165) is 18.4 Å². The molecule has 0 saturated carbocycles. The highest BCUT2D eigenvalue weighted by Crippen LogP contribution is 2.13. The molecule has 82 valence electrons. The summed E-state index contributed by atoms with van der Waals surface area (Å²) in [5.41, 5.74) is 1.29. The van der Waals surface area contributed by atoms with E-state index in [1.807, 2.05) is 19.2 Å². The zero-order valence-corrected chi connectivity index (χ0v) is 9.06. The van der Waals surface area contributed by atoms with Crippen LogP contribution in [0.4, 0.5) is 5.69 Å². The minimum atomic E-state index is -0.375. The number of hydrogen-bond donors (Lipinski definition) is 1. The highest BCUT2D eigenvalue weighted by Gasteiger charge is 2.04. The number of nitro groups is 1. The fourth-order valence-corrected chi connectivity index (χ4v) is 1.31. The molecule has 0 amide bonds. The van der Waals surface area contributed by atoms with Gasteiger partial charge in [0.05, 0.1) is 4.92 Å². The normalized spacial score (nSPS) is 12.4. The summed E-state index contributed by atoms with van der Waals surface area (Å²) in [7, 11) is 1.93. The lowest BCUT2D eigenvalue weighted by molar-refractivity contribution is -0.384. The van der Waals surface area contributed by atoms with Gasteiger partial charge in [0.1, 0.15) is 0 Å². The maximum absolute atomic E-state index is 10.4. The average Bonchev–Trinajstić information content (AvgIpc) is 2.26. The van der Waals surface area contributed by atoms with Crippen LogP contribution in [0, 0.1) is 10.1 Å². The molecule has 0 aromatic heterocycles. The molecule has 1 atom stereocenters. The number of nitrogens with one attached hydrogen (secondary N) is 1. The second kappa shape index (κ2) is 5.46. The molecule has 0 aliphatic heterocycles. The van der Waals surface area contributed by atoms with E-state index in [-0.39, 0.29) is 10.6 Å². The molecule has 0 aliphatic rings. The van der Waals surface area contributed by atoms with Crippen LogP contribution in [0.15, 0.2) is 24.3 Å². The van der Waals surface area contributed by atoms with Crippen LogP contribution in [0.3, 0.4) is 0 Å². The molecule has 4 heteroatoms. The van der Waals surface area contributed by atoms with Gasteiger partial charge in [0.15, 0.2) is 0 Å². The summed E-state index contributed by atoms with van der Waals surface area (Å²) in [6.45, 7) is 2.12. The van der Waals surface area contributed by atoms with Gasteiger partial charge in [-0.15, -0.1) is 0 Å². The largest absolute Gasteiger partial charge is 0.317 e. The predicted molar refractivity (Wildman–Crippen MR) is 59.9 cm³/mol. The van der Waals surface area contributed by atoms with Gasteiger partial charge < -0.3 is 5.32 Å². The fraction of sp³-hybridized carbons (Fsp3) is 0.455. The molecule has 1 N–H and O–H groups in total. The summed E-state index contributed by atoms with van der Waals surface area (Å²) in [6, 6.07) is 7.22. The van der Waals surface area contributed by atoms with Gasteiger partial charge in [-0.25, -0.2) is 0 Å². The minimum Gasteiger partial charge on any atom is -0.317 e. The Balaban J connectivity index is 2.53. The lowest BCUT2D eigenvalue weighted by atomic mass is 10.1. The van der Waals surface area contributed by atoms with Gasteiger partial charge in [-0.1, -0.05) is 12.1 Å². The Bertz CT molecular complexity index is 322. The highest BCUT2D eigenvalue weighted by atomic mass is 16.6. The predicted octanol–water partition coefficient (Wildman–Crippen LogP) is 2.14. The van der Waals surface area contributed by atoms with Crippen molar-refractivity contribution in [2.75, 3.05) is 7.05 Å². The second-order valence-corrected chi connectivity index (χ2v) is 3.65. The van der Waals surface area contributed by atoms with Crippen LogP contribution < -0.4 is 5.32 Å². The van der Waals surface area contributed by atoms with Crippen molar-refractivity contribution in [1.29, 1.82) is 0 Å². The molecular weight excluding hydrogens is 192 g/mol. The summed E-state index contributed by atoms with van der Waals surface area (Å²) in [5.74, 6) is 0. The molecular formula is C11H16N2O2. The molecule has 0 spiro atoms. The Morgan fingerprint density at radius 1 is 1.40 bits per heavy atom. The number of aryl methyl sites for hydroxylation is 1. The Kier molecular flexibility index (Phi) is 4.24. The monoisotopic (exact) mass is 208 g/mol. The third-order valence-corrected chi connectivity index (χ3v) is 2.51. The lowest BCUT2D eigenvalue weighted by Gasteiger charge is -2.09. The van der Waals surface area contributed by atoms with Gasteiger partial charge in [-0.3, -0.25) is 10.1 Å². The second-order valence-electron chi connectivity index (χ2n) is 3.65. The number of rotatable bonds is 5. The molecule has 1 aromatic carbocycles. The summed E-state index contributed by atoms with van der Waals surface area (Å²) in [6.07, 6.45) is 1.98. The molecule has 0 heterocycles. The van der Waals surface area contributed by atoms with Crippen LogP contribution in [0.25, 0.3) is 0 Å². The van der Waals surface area contributed by atoms with E-state index in [1.54, 1.807) is 12.1 Å². The maximum atomic E-state index is 10.4. The zero-order valence-electron chi connectivity index (χ0n) is 9.06.